The number of hydrogen-bond donors (Lipinski definition) is 1. The van der Waals surface area contributed by atoms with Gasteiger partial charge in [-0.25, -0.2) is 4.98 Å². The zero-order valence-electron chi connectivity index (χ0n) is 13.1. The summed E-state index contributed by atoms with van der Waals surface area (Å²) in [6, 6.07) is 7.73. The highest BCUT2D eigenvalue weighted by atomic mass is 16.1. The molecule has 0 saturated carbocycles. The Morgan fingerprint density at radius 2 is 2.00 bits per heavy atom. The van der Waals surface area contributed by atoms with Crippen molar-refractivity contribution in [2.24, 2.45) is 0 Å². The van der Waals surface area contributed by atoms with Gasteiger partial charge in [0.05, 0.1) is 5.56 Å². The normalized spacial score (nSPS) is 10.3. The zero-order chi connectivity index (χ0) is 15.8. The molecule has 116 valence electrons. The molecule has 1 amide bonds. The van der Waals surface area contributed by atoms with Crippen LogP contribution in [0, 0.1) is 0 Å². The fraction of sp³-hybridized carbons (Fsp3) is 0.353. The first-order valence-electron chi connectivity index (χ1n) is 7.55. The van der Waals surface area contributed by atoms with Gasteiger partial charge in [-0.3, -0.25) is 9.78 Å². The van der Waals surface area contributed by atoms with Crippen LogP contribution in [0.4, 0.5) is 5.82 Å². The van der Waals surface area contributed by atoms with Crippen LogP contribution in [0.1, 0.15) is 29.3 Å². The van der Waals surface area contributed by atoms with Crippen LogP contribution >= 0.6 is 0 Å². The van der Waals surface area contributed by atoms with Crippen LogP contribution in [-0.4, -0.2) is 36.0 Å². The Hall–Kier alpha value is -2.43. The SMILES string of the molecule is CCCNC(=O)c1ccc(N(C)CCc2ccncc2)nc1. The molecule has 5 heteroatoms. The van der Waals surface area contributed by atoms with Crippen LogP contribution in [0.15, 0.2) is 42.9 Å². The maximum atomic E-state index is 11.8. The average molecular weight is 298 g/mol. The topological polar surface area (TPSA) is 58.1 Å². The van der Waals surface area contributed by atoms with Crippen molar-refractivity contribution in [1.82, 2.24) is 15.3 Å². The van der Waals surface area contributed by atoms with Crippen LogP contribution in [-0.2, 0) is 6.42 Å². The largest absolute Gasteiger partial charge is 0.359 e. The first kappa shape index (κ1) is 15.9. The van der Waals surface area contributed by atoms with Crippen molar-refractivity contribution in [1.29, 1.82) is 0 Å². The first-order chi connectivity index (χ1) is 10.7. The Bertz CT molecular complexity index is 583. The Kier molecular flexibility index (Phi) is 5.89. The molecule has 2 heterocycles. The Labute approximate surface area is 131 Å². The van der Waals surface area contributed by atoms with Crippen molar-refractivity contribution in [2.75, 3.05) is 25.0 Å². The molecule has 2 aromatic heterocycles. The maximum absolute atomic E-state index is 11.8. The summed E-state index contributed by atoms with van der Waals surface area (Å²) in [6.07, 6.45) is 7.09. The fourth-order valence-corrected chi connectivity index (χ4v) is 2.05. The van der Waals surface area contributed by atoms with E-state index in [0.29, 0.717) is 12.1 Å². The van der Waals surface area contributed by atoms with Gasteiger partial charge in [-0.15, -0.1) is 0 Å². The molecule has 0 aliphatic heterocycles. The molecule has 1 N–H and O–H groups in total. The van der Waals surface area contributed by atoms with Crippen LogP contribution in [0.5, 0.6) is 0 Å². The molecule has 0 aliphatic carbocycles. The fourth-order valence-electron chi connectivity index (χ4n) is 2.05. The number of anilines is 1. The summed E-state index contributed by atoms with van der Waals surface area (Å²) >= 11 is 0. The second-order valence-corrected chi connectivity index (χ2v) is 5.19. The van der Waals surface area contributed by atoms with Gasteiger partial charge in [-0.1, -0.05) is 6.92 Å². The molecule has 22 heavy (non-hydrogen) atoms. The Morgan fingerprint density at radius 3 is 2.64 bits per heavy atom. The number of nitrogens with zero attached hydrogens (tertiary/aromatic N) is 3. The van der Waals surface area contributed by atoms with E-state index in [1.165, 1.54) is 5.56 Å². The highest BCUT2D eigenvalue weighted by Gasteiger charge is 2.07. The average Bonchev–Trinajstić information content (AvgIpc) is 2.58. The van der Waals surface area contributed by atoms with Crippen molar-refractivity contribution in [3.8, 4) is 0 Å². The van der Waals surface area contributed by atoms with Gasteiger partial charge >= 0.3 is 0 Å². The number of carbonyl (C=O) groups excluding carboxylic acids is 1. The van der Waals surface area contributed by atoms with Crippen molar-refractivity contribution in [3.63, 3.8) is 0 Å². The molecule has 0 aliphatic rings. The first-order valence-corrected chi connectivity index (χ1v) is 7.55. The summed E-state index contributed by atoms with van der Waals surface area (Å²) in [7, 11) is 2.00. The molecule has 0 radical (unpaired) electrons. The molecular weight excluding hydrogens is 276 g/mol. The lowest BCUT2D eigenvalue weighted by molar-refractivity contribution is 0.0953. The van der Waals surface area contributed by atoms with Gasteiger partial charge in [-0.2, -0.15) is 0 Å². The third-order valence-electron chi connectivity index (χ3n) is 3.42. The van der Waals surface area contributed by atoms with E-state index < -0.39 is 0 Å². The minimum atomic E-state index is -0.0691. The minimum Gasteiger partial charge on any atom is -0.359 e. The van der Waals surface area contributed by atoms with Gasteiger partial charge in [0, 0.05) is 38.7 Å². The van der Waals surface area contributed by atoms with Crippen molar-refractivity contribution in [2.45, 2.75) is 19.8 Å². The molecule has 0 spiro atoms. The molecule has 0 atom stereocenters. The number of pyridine rings is 2. The van der Waals surface area contributed by atoms with E-state index >= 15 is 0 Å². The van der Waals surface area contributed by atoms with Gasteiger partial charge in [0.2, 0.25) is 0 Å². The van der Waals surface area contributed by atoms with E-state index in [9.17, 15) is 4.79 Å². The lowest BCUT2D eigenvalue weighted by Crippen LogP contribution is -2.25. The number of rotatable bonds is 7. The summed E-state index contributed by atoms with van der Waals surface area (Å²) in [5, 5.41) is 2.85. The Balaban J connectivity index is 1.90. The molecular formula is C17H22N4O. The van der Waals surface area contributed by atoms with Crippen LogP contribution in [0.2, 0.25) is 0 Å². The second kappa shape index (κ2) is 8.12. The van der Waals surface area contributed by atoms with Crippen molar-refractivity contribution < 1.29 is 4.79 Å². The van der Waals surface area contributed by atoms with Crippen LogP contribution < -0.4 is 10.2 Å². The van der Waals surface area contributed by atoms with Gasteiger partial charge in [0.15, 0.2) is 0 Å². The number of hydrogen-bond acceptors (Lipinski definition) is 4. The molecule has 0 bridgehead atoms. The van der Waals surface area contributed by atoms with Crippen molar-refractivity contribution >= 4 is 11.7 Å². The van der Waals surface area contributed by atoms with E-state index in [2.05, 4.69) is 20.2 Å². The summed E-state index contributed by atoms with van der Waals surface area (Å²) in [5.41, 5.74) is 1.84. The molecule has 0 aromatic carbocycles. The summed E-state index contributed by atoms with van der Waals surface area (Å²) in [5.74, 6) is 0.793. The molecule has 5 nitrogen and oxygen atoms in total. The predicted molar refractivity (Wildman–Crippen MR) is 88.1 cm³/mol. The standard InChI is InChI=1S/C17H22N4O/c1-3-9-19-17(22)15-4-5-16(20-13-15)21(2)12-8-14-6-10-18-11-7-14/h4-7,10-11,13H,3,8-9,12H2,1-2H3,(H,19,22). The number of carbonyl (C=O) groups is 1. The van der Waals surface area contributed by atoms with E-state index in [-0.39, 0.29) is 5.91 Å². The van der Waals surface area contributed by atoms with Crippen LogP contribution in [0.25, 0.3) is 0 Å². The van der Waals surface area contributed by atoms with Gasteiger partial charge in [-0.05, 0) is 42.7 Å². The highest BCUT2D eigenvalue weighted by Crippen LogP contribution is 2.10. The lowest BCUT2D eigenvalue weighted by Gasteiger charge is -2.18. The summed E-state index contributed by atoms with van der Waals surface area (Å²) in [6.45, 7) is 3.57. The third-order valence-corrected chi connectivity index (χ3v) is 3.42. The van der Waals surface area contributed by atoms with Gasteiger partial charge in [0.25, 0.3) is 5.91 Å². The van der Waals surface area contributed by atoms with Crippen LogP contribution in [0.3, 0.4) is 0 Å². The second-order valence-electron chi connectivity index (χ2n) is 5.19. The summed E-state index contributed by atoms with van der Waals surface area (Å²) < 4.78 is 0. The lowest BCUT2D eigenvalue weighted by atomic mass is 10.2. The van der Waals surface area contributed by atoms with E-state index in [1.54, 1.807) is 18.6 Å². The zero-order valence-corrected chi connectivity index (χ0v) is 13.1. The smallest absolute Gasteiger partial charge is 0.252 e. The van der Waals surface area contributed by atoms with Gasteiger partial charge in [0.1, 0.15) is 5.82 Å². The quantitative estimate of drug-likeness (QED) is 0.852. The number of amides is 1. The molecule has 2 aromatic rings. The third kappa shape index (κ3) is 4.55. The van der Waals surface area contributed by atoms with E-state index in [1.807, 2.05) is 38.2 Å². The number of aromatic nitrogens is 2. The summed E-state index contributed by atoms with van der Waals surface area (Å²) in [4.78, 5) is 22.3. The van der Waals surface area contributed by atoms with Gasteiger partial charge < -0.3 is 10.2 Å². The number of likely N-dealkylation sites (N-methyl/N-ethyl adjacent to an activating group) is 1. The maximum Gasteiger partial charge on any atom is 0.252 e. The van der Waals surface area contributed by atoms with Crippen molar-refractivity contribution in [3.05, 3.63) is 54.0 Å². The molecule has 2 rings (SSSR count). The van der Waals surface area contributed by atoms with E-state index in [0.717, 1.165) is 25.2 Å². The Morgan fingerprint density at radius 1 is 1.23 bits per heavy atom. The van der Waals surface area contributed by atoms with E-state index in [4.69, 9.17) is 0 Å². The molecule has 0 saturated heterocycles. The molecule has 0 fully saturated rings. The minimum absolute atomic E-state index is 0.0691. The number of nitrogens with one attached hydrogen (secondary N) is 1. The highest BCUT2D eigenvalue weighted by molar-refractivity contribution is 5.94. The predicted octanol–water partition coefficient (Wildman–Crippen LogP) is 2.30. The molecule has 0 unspecified atom stereocenters. The monoisotopic (exact) mass is 298 g/mol.